The van der Waals surface area contributed by atoms with Crippen molar-refractivity contribution in [2.45, 2.75) is 85.5 Å². The maximum atomic E-state index is 14.5. The largest absolute Gasteiger partial charge is 0.511 e. The molecule has 1 heterocycles. The Balaban J connectivity index is 1.80. The van der Waals surface area contributed by atoms with E-state index >= 15 is 0 Å². The minimum Gasteiger partial charge on any atom is -0.511 e. The van der Waals surface area contributed by atoms with Gasteiger partial charge < -0.3 is 20.1 Å². The van der Waals surface area contributed by atoms with Crippen LogP contribution in [0.4, 0.5) is 0 Å². The summed E-state index contributed by atoms with van der Waals surface area (Å²) in [6.45, 7) is 14.0. The van der Waals surface area contributed by atoms with Gasteiger partial charge in [-0.3, -0.25) is 4.79 Å². The third-order valence-electron chi connectivity index (χ3n) is 11.1. The van der Waals surface area contributed by atoms with Crippen LogP contribution in [0.5, 0.6) is 0 Å². The molecule has 1 saturated carbocycles. The molecule has 4 aliphatic carbocycles. The summed E-state index contributed by atoms with van der Waals surface area (Å²) in [5.74, 6) is -2.77. The lowest BCUT2D eigenvalue weighted by Crippen LogP contribution is -2.54. The maximum Gasteiger partial charge on any atom is 0.346 e. The van der Waals surface area contributed by atoms with Crippen LogP contribution in [0, 0.1) is 52.8 Å². The van der Waals surface area contributed by atoms with Gasteiger partial charge in [0.2, 0.25) is 5.78 Å². The fourth-order valence-corrected chi connectivity index (χ4v) is 8.94. The SMILES string of the molecule is CCC1C=CC2/C=C(\C)C(O)C(C)/C=C(\C)C3C=CC4C(O)C(C)CC(C)C4C3(C)/C(O)=C3\C(=O)OC2(C1)C3=O. The number of hydrogen-bond donors (Lipinski definition) is 3. The van der Waals surface area contributed by atoms with Crippen molar-refractivity contribution in [2.75, 3.05) is 0 Å². The molecule has 2 bridgehead atoms. The number of esters is 1. The molecule has 5 rings (SSSR count). The Hall–Kier alpha value is -2.44. The quantitative estimate of drug-likeness (QED) is 0.222. The van der Waals surface area contributed by atoms with Crippen molar-refractivity contribution >= 4 is 11.8 Å². The van der Waals surface area contributed by atoms with Gasteiger partial charge in [0.05, 0.1) is 12.2 Å². The van der Waals surface area contributed by atoms with Crippen molar-refractivity contribution in [3.63, 3.8) is 0 Å². The maximum absolute atomic E-state index is 14.5. The minimum atomic E-state index is -1.46. The molecule has 3 N–H and O–H groups in total. The smallest absolute Gasteiger partial charge is 0.346 e. The van der Waals surface area contributed by atoms with Gasteiger partial charge in [-0.25, -0.2) is 4.79 Å². The van der Waals surface area contributed by atoms with E-state index in [1.54, 1.807) is 0 Å². The van der Waals surface area contributed by atoms with E-state index in [9.17, 15) is 24.9 Å². The summed E-state index contributed by atoms with van der Waals surface area (Å²) in [5, 5.41) is 34.9. The van der Waals surface area contributed by atoms with E-state index in [-0.39, 0.29) is 52.8 Å². The molecule has 2 fully saturated rings. The van der Waals surface area contributed by atoms with Crippen LogP contribution in [0.25, 0.3) is 0 Å². The van der Waals surface area contributed by atoms with Gasteiger partial charge in [0.1, 0.15) is 11.3 Å². The van der Waals surface area contributed by atoms with E-state index in [2.05, 4.69) is 32.1 Å². The van der Waals surface area contributed by atoms with E-state index < -0.39 is 40.9 Å². The number of Topliss-reactive ketones (excluding diaryl/α,β-unsaturated/α-hetero) is 1. The topological polar surface area (TPSA) is 104 Å². The summed E-state index contributed by atoms with van der Waals surface area (Å²) in [4.78, 5) is 28.2. The number of carbonyl (C=O) groups is 2. The average molecular weight is 551 g/mol. The number of rotatable bonds is 1. The number of allylic oxidation sites excluding steroid dienone is 4. The van der Waals surface area contributed by atoms with Crippen molar-refractivity contribution in [2.24, 2.45) is 52.8 Å². The molecule has 0 aromatic rings. The molecule has 0 radical (unpaired) electrons. The minimum absolute atomic E-state index is 0.0481. The van der Waals surface area contributed by atoms with E-state index in [1.807, 2.05) is 52.8 Å². The molecule has 0 amide bonds. The van der Waals surface area contributed by atoms with Gasteiger partial charge in [-0.05, 0) is 55.9 Å². The number of ketones is 1. The second kappa shape index (κ2) is 10.1. The molecular formula is C34H46O6. The van der Waals surface area contributed by atoms with E-state index in [1.165, 1.54) is 0 Å². The van der Waals surface area contributed by atoms with Gasteiger partial charge in [0, 0.05) is 35.5 Å². The van der Waals surface area contributed by atoms with Gasteiger partial charge in [-0.1, -0.05) is 76.6 Å². The Labute approximate surface area is 238 Å². The molecule has 5 aliphatic rings. The number of hydrogen-bond acceptors (Lipinski definition) is 6. The zero-order valence-corrected chi connectivity index (χ0v) is 24.9. The molecule has 0 aromatic carbocycles. The number of fused-ring (bicyclic) bond motifs is 4. The molecule has 1 spiro atoms. The average Bonchev–Trinajstić information content (AvgIpc) is 3.15. The fraction of sp³-hybridized carbons (Fsp3) is 0.647. The van der Waals surface area contributed by atoms with Crippen LogP contribution in [0.3, 0.4) is 0 Å². The Morgan fingerprint density at radius 1 is 0.975 bits per heavy atom. The van der Waals surface area contributed by atoms with Crippen LogP contribution >= 0.6 is 0 Å². The highest BCUT2D eigenvalue weighted by molar-refractivity contribution is 6.26. The first-order chi connectivity index (χ1) is 18.8. The van der Waals surface area contributed by atoms with Crippen LogP contribution < -0.4 is 0 Å². The summed E-state index contributed by atoms with van der Waals surface area (Å²) < 4.78 is 6.07. The molecule has 40 heavy (non-hydrogen) atoms. The lowest BCUT2D eigenvalue weighted by atomic mass is 9.49. The molecular weight excluding hydrogens is 504 g/mol. The third-order valence-corrected chi connectivity index (χ3v) is 11.1. The monoisotopic (exact) mass is 550 g/mol. The highest BCUT2D eigenvalue weighted by atomic mass is 16.6. The van der Waals surface area contributed by atoms with Crippen molar-refractivity contribution in [3.8, 4) is 0 Å². The molecule has 218 valence electrons. The second-order valence-electron chi connectivity index (χ2n) is 13.7. The van der Waals surface area contributed by atoms with E-state index in [4.69, 9.17) is 4.74 Å². The van der Waals surface area contributed by atoms with Crippen molar-refractivity contribution in [1.29, 1.82) is 0 Å². The van der Waals surface area contributed by atoms with Crippen LogP contribution in [0.1, 0.15) is 67.7 Å². The van der Waals surface area contributed by atoms with Crippen molar-refractivity contribution < 1.29 is 29.6 Å². The predicted molar refractivity (Wildman–Crippen MR) is 154 cm³/mol. The van der Waals surface area contributed by atoms with Gasteiger partial charge in [0.25, 0.3) is 0 Å². The fourth-order valence-electron chi connectivity index (χ4n) is 8.94. The number of aliphatic hydroxyl groups excluding tert-OH is 3. The first kappa shape index (κ1) is 29.1. The van der Waals surface area contributed by atoms with Crippen LogP contribution in [-0.2, 0) is 14.3 Å². The number of ether oxygens (including phenoxy) is 1. The highest BCUT2D eigenvalue weighted by Crippen LogP contribution is 2.60. The molecule has 12 atom stereocenters. The molecule has 6 heteroatoms. The summed E-state index contributed by atoms with van der Waals surface area (Å²) in [5.41, 5.74) is -1.09. The van der Waals surface area contributed by atoms with Crippen LogP contribution in [-0.4, -0.2) is 44.9 Å². The second-order valence-corrected chi connectivity index (χ2v) is 13.7. The molecule has 0 aromatic heterocycles. The number of carbonyl (C=O) groups excluding carboxylic acids is 2. The standard InChI is InChI=1S/C34H46O6/c1-8-22-9-10-23-15-21(6)28(35)19(4)13-17(2)25-12-11-24-27(18(3)14-20(5)29(24)36)33(25,7)30(37)26-31(38)34(23,16-22)40-32(26)39/h9-13,15,18-20,22-25,27-29,35-37H,8,14,16H2,1-7H3/b17-13+,21-15+,30-26+. The first-order valence-electron chi connectivity index (χ1n) is 15.1. The Morgan fingerprint density at radius 2 is 1.68 bits per heavy atom. The van der Waals surface area contributed by atoms with Gasteiger partial charge in [0.15, 0.2) is 5.60 Å². The number of aliphatic hydroxyl groups is 3. The Morgan fingerprint density at radius 3 is 2.35 bits per heavy atom. The Kier molecular flexibility index (Phi) is 7.36. The predicted octanol–water partition coefficient (Wildman–Crippen LogP) is 5.63. The molecule has 1 aliphatic heterocycles. The zero-order valence-electron chi connectivity index (χ0n) is 24.9. The van der Waals surface area contributed by atoms with Crippen LogP contribution in [0.2, 0.25) is 0 Å². The third kappa shape index (κ3) is 4.12. The van der Waals surface area contributed by atoms with Gasteiger partial charge >= 0.3 is 5.97 Å². The lowest BCUT2D eigenvalue weighted by Gasteiger charge is -2.55. The van der Waals surface area contributed by atoms with Crippen molar-refractivity contribution in [1.82, 2.24) is 0 Å². The molecule has 12 unspecified atom stereocenters. The lowest BCUT2D eigenvalue weighted by molar-refractivity contribution is -0.156. The van der Waals surface area contributed by atoms with Gasteiger partial charge in [-0.2, -0.15) is 0 Å². The summed E-state index contributed by atoms with van der Waals surface area (Å²) in [6, 6.07) is 0. The zero-order chi connectivity index (χ0) is 29.3. The summed E-state index contributed by atoms with van der Waals surface area (Å²) in [7, 11) is 0. The summed E-state index contributed by atoms with van der Waals surface area (Å²) >= 11 is 0. The highest BCUT2D eigenvalue weighted by Gasteiger charge is 2.62. The van der Waals surface area contributed by atoms with E-state index in [0.717, 1.165) is 18.4 Å². The normalized spacial score (nSPS) is 51.5. The molecule has 1 saturated heterocycles. The first-order valence-corrected chi connectivity index (χ1v) is 15.1. The van der Waals surface area contributed by atoms with E-state index in [0.29, 0.717) is 12.0 Å². The molecule has 6 nitrogen and oxygen atoms in total. The Bertz CT molecular complexity index is 1240. The van der Waals surface area contributed by atoms with Crippen LogP contribution in [0.15, 0.2) is 58.9 Å². The summed E-state index contributed by atoms with van der Waals surface area (Å²) in [6.07, 6.45) is 12.5. The van der Waals surface area contributed by atoms with Crippen molar-refractivity contribution in [3.05, 3.63) is 58.9 Å². The van der Waals surface area contributed by atoms with Gasteiger partial charge in [-0.15, -0.1) is 0 Å².